The second kappa shape index (κ2) is 6.87. The van der Waals surface area contributed by atoms with Gasteiger partial charge < -0.3 is 30.5 Å². The first-order valence-electron chi connectivity index (χ1n) is 7.58. The molecule has 25 heavy (non-hydrogen) atoms. The number of anilines is 1. The standard InChI is InChI=1S/C14H18N6O5/c15-2-1-3-24-5-14(11(23)10(22)8(4-21)25-14)20-7-19-9-12(16)17-6-18-13(9)20/h6-8,10-11,21-23H,1,3-5H2,(H2,16,17,18)/t8-,10-,11-,14-/m1/s1. The lowest BCUT2D eigenvalue weighted by molar-refractivity contribution is -0.180. The summed E-state index contributed by atoms with van der Waals surface area (Å²) < 4.78 is 12.6. The molecule has 3 heterocycles. The highest BCUT2D eigenvalue weighted by molar-refractivity contribution is 5.81. The molecular formula is C14H18N6O5. The highest BCUT2D eigenvalue weighted by atomic mass is 16.6. The summed E-state index contributed by atoms with van der Waals surface area (Å²) in [6.45, 7) is -0.585. The van der Waals surface area contributed by atoms with E-state index in [-0.39, 0.29) is 31.1 Å². The number of ether oxygens (including phenoxy) is 2. The van der Waals surface area contributed by atoms with Crippen LogP contribution in [0.4, 0.5) is 5.82 Å². The second-order valence-electron chi connectivity index (χ2n) is 5.63. The molecule has 0 radical (unpaired) electrons. The first-order valence-corrected chi connectivity index (χ1v) is 7.58. The van der Waals surface area contributed by atoms with Crippen molar-refractivity contribution >= 4 is 17.0 Å². The summed E-state index contributed by atoms with van der Waals surface area (Å²) in [5.74, 6) is 0.149. The van der Waals surface area contributed by atoms with E-state index in [2.05, 4.69) is 15.0 Å². The molecule has 4 atom stereocenters. The number of rotatable bonds is 6. The van der Waals surface area contributed by atoms with Crippen molar-refractivity contribution in [2.75, 3.05) is 25.6 Å². The van der Waals surface area contributed by atoms with E-state index in [0.29, 0.717) is 5.52 Å². The third kappa shape index (κ3) is 2.80. The first kappa shape index (κ1) is 17.5. The van der Waals surface area contributed by atoms with Gasteiger partial charge in [-0.1, -0.05) is 0 Å². The van der Waals surface area contributed by atoms with Crippen LogP contribution in [0.5, 0.6) is 0 Å². The minimum atomic E-state index is -1.59. The van der Waals surface area contributed by atoms with Gasteiger partial charge in [-0.15, -0.1) is 0 Å². The summed E-state index contributed by atoms with van der Waals surface area (Å²) in [4.78, 5) is 12.1. The van der Waals surface area contributed by atoms with E-state index in [1.54, 1.807) is 0 Å². The largest absolute Gasteiger partial charge is 0.394 e. The van der Waals surface area contributed by atoms with Crippen LogP contribution in [0, 0.1) is 11.3 Å². The van der Waals surface area contributed by atoms with Gasteiger partial charge in [0.05, 0.1) is 38.6 Å². The summed E-state index contributed by atoms with van der Waals surface area (Å²) in [6.07, 6.45) is -1.06. The van der Waals surface area contributed by atoms with Crippen LogP contribution < -0.4 is 5.73 Å². The average molecular weight is 350 g/mol. The van der Waals surface area contributed by atoms with Crippen molar-refractivity contribution in [1.29, 1.82) is 5.26 Å². The van der Waals surface area contributed by atoms with E-state index in [9.17, 15) is 15.3 Å². The fraction of sp³-hybridized carbons (Fsp3) is 0.571. The zero-order valence-corrected chi connectivity index (χ0v) is 13.2. The van der Waals surface area contributed by atoms with Crippen molar-refractivity contribution in [2.24, 2.45) is 0 Å². The number of nitrogens with two attached hydrogens (primary N) is 1. The molecule has 134 valence electrons. The van der Waals surface area contributed by atoms with Crippen molar-refractivity contribution in [2.45, 2.75) is 30.5 Å². The SMILES string of the molecule is N#CCCOC[C@@]1(n2cnc3c(N)ncnc32)O[C@H](CO)[C@@H](O)[C@H]1O. The van der Waals surface area contributed by atoms with Gasteiger partial charge in [0.25, 0.3) is 0 Å². The van der Waals surface area contributed by atoms with Gasteiger partial charge in [-0.05, 0) is 0 Å². The molecule has 11 heteroatoms. The molecule has 0 aromatic carbocycles. The number of nitrogens with zero attached hydrogens (tertiary/aromatic N) is 5. The fourth-order valence-corrected chi connectivity index (χ4v) is 2.87. The number of imidazole rings is 1. The van der Waals surface area contributed by atoms with Gasteiger partial charge in [-0.25, -0.2) is 15.0 Å². The summed E-state index contributed by atoms with van der Waals surface area (Å²) in [5, 5.41) is 38.8. The minimum Gasteiger partial charge on any atom is -0.394 e. The third-order valence-corrected chi connectivity index (χ3v) is 4.14. The first-order chi connectivity index (χ1) is 12.0. The van der Waals surface area contributed by atoms with Gasteiger partial charge in [-0.3, -0.25) is 4.57 Å². The van der Waals surface area contributed by atoms with Crippen LogP contribution in [-0.2, 0) is 15.2 Å². The van der Waals surface area contributed by atoms with Gasteiger partial charge in [-0.2, -0.15) is 5.26 Å². The number of aromatic nitrogens is 4. The Labute approximate surface area is 142 Å². The monoisotopic (exact) mass is 350 g/mol. The molecule has 0 bridgehead atoms. The average Bonchev–Trinajstić information content (AvgIpc) is 3.15. The van der Waals surface area contributed by atoms with Crippen LogP contribution in [0.15, 0.2) is 12.7 Å². The molecule has 3 rings (SSSR count). The van der Waals surface area contributed by atoms with E-state index >= 15 is 0 Å². The predicted octanol–water partition coefficient (Wildman–Crippen LogP) is -1.90. The molecule has 0 saturated carbocycles. The van der Waals surface area contributed by atoms with Gasteiger partial charge in [0.15, 0.2) is 17.2 Å². The number of aliphatic hydroxyl groups is 3. The normalized spacial score (nSPS) is 29.1. The molecule has 0 amide bonds. The van der Waals surface area contributed by atoms with Gasteiger partial charge in [0, 0.05) is 0 Å². The van der Waals surface area contributed by atoms with Crippen LogP contribution in [0.25, 0.3) is 11.2 Å². The van der Waals surface area contributed by atoms with Crippen molar-refractivity contribution in [3.05, 3.63) is 12.7 Å². The smallest absolute Gasteiger partial charge is 0.200 e. The van der Waals surface area contributed by atoms with E-state index in [4.69, 9.17) is 20.5 Å². The Kier molecular flexibility index (Phi) is 4.80. The van der Waals surface area contributed by atoms with Crippen LogP contribution >= 0.6 is 0 Å². The van der Waals surface area contributed by atoms with E-state index < -0.39 is 30.6 Å². The maximum atomic E-state index is 10.6. The molecular weight excluding hydrogens is 332 g/mol. The number of nitrogen functional groups attached to an aromatic ring is 1. The molecule has 5 N–H and O–H groups in total. The van der Waals surface area contributed by atoms with E-state index in [0.717, 1.165) is 0 Å². The van der Waals surface area contributed by atoms with Crippen LogP contribution in [0.2, 0.25) is 0 Å². The molecule has 2 aromatic rings. The Balaban J connectivity index is 2.05. The van der Waals surface area contributed by atoms with Crippen molar-refractivity contribution < 1.29 is 24.8 Å². The summed E-state index contributed by atoms with van der Waals surface area (Å²) in [6, 6.07) is 1.94. The minimum absolute atomic E-state index is 0.109. The molecule has 1 aliphatic rings. The summed E-state index contributed by atoms with van der Waals surface area (Å²) >= 11 is 0. The predicted molar refractivity (Wildman–Crippen MR) is 82.7 cm³/mol. The Bertz CT molecular complexity index is 792. The number of aliphatic hydroxyl groups excluding tert-OH is 3. The van der Waals surface area contributed by atoms with Crippen molar-refractivity contribution in [3.8, 4) is 6.07 Å². The lowest BCUT2D eigenvalue weighted by Crippen LogP contribution is -2.49. The highest BCUT2D eigenvalue weighted by Crippen LogP contribution is 2.38. The Morgan fingerprint density at radius 1 is 1.40 bits per heavy atom. The van der Waals surface area contributed by atoms with Crippen LogP contribution in [0.1, 0.15) is 6.42 Å². The Hall–Kier alpha value is -2.36. The molecule has 0 unspecified atom stereocenters. The van der Waals surface area contributed by atoms with Crippen LogP contribution in [0.3, 0.4) is 0 Å². The number of hydrogen-bond acceptors (Lipinski definition) is 10. The maximum Gasteiger partial charge on any atom is 0.200 e. The lowest BCUT2D eigenvalue weighted by atomic mass is 10.0. The van der Waals surface area contributed by atoms with E-state index in [1.165, 1.54) is 17.2 Å². The van der Waals surface area contributed by atoms with Gasteiger partial charge in [0.2, 0.25) is 0 Å². The second-order valence-corrected chi connectivity index (χ2v) is 5.63. The molecule has 0 aliphatic carbocycles. The number of nitriles is 1. The maximum absolute atomic E-state index is 10.6. The Morgan fingerprint density at radius 2 is 2.20 bits per heavy atom. The van der Waals surface area contributed by atoms with E-state index in [1.807, 2.05) is 6.07 Å². The molecule has 2 aromatic heterocycles. The zero-order valence-electron chi connectivity index (χ0n) is 13.2. The molecule has 1 aliphatic heterocycles. The Morgan fingerprint density at radius 3 is 2.88 bits per heavy atom. The van der Waals surface area contributed by atoms with Gasteiger partial charge in [0.1, 0.15) is 30.2 Å². The number of fused-ring (bicyclic) bond motifs is 1. The van der Waals surface area contributed by atoms with Crippen LogP contribution in [-0.4, -0.2) is 73.0 Å². The van der Waals surface area contributed by atoms with Crippen molar-refractivity contribution in [1.82, 2.24) is 19.5 Å². The fourth-order valence-electron chi connectivity index (χ4n) is 2.87. The summed E-state index contributed by atoms with van der Waals surface area (Å²) in [7, 11) is 0. The quantitative estimate of drug-likeness (QED) is 0.431. The molecule has 0 spiro atoms. The number of hydrogen-bond donors (Lipinski definition) is 4. The summed E-state index contributed by atoms with van der Waals surface area (Å²) in [5.41, 5.74) is 4.78. The molecule has 1 fully saturated rings. The topological polar surface area (TPSA) is 173 Å². The third-order valence-electron chi connectivity index (χ3n) is 4.14. The highest BCUT2D eigenvalue weighted by Gasteiger charge is 2.56. The lowest BCUT2D eigenvalue weighted by Gasteiger charge is -2.33. The molecule has 1 saturated heterocycles. The molecule has 11 nitrogen and oxygen atoms in total. The zero-order chi connectivity index (χ0) is 18.0. The van der Waals surface area contributed by atoms with Gasteiger partial charge >= 0.3 is 0 Å². The van der Waals surface area contributed by atoms with Crippen molar-refractivity contribution in [3.63, 3.8) is 0 Å².